The molecule has 0 bridgehead atoms. The molecule has 0 saturated carbocycles. The molecule has 2 N–H and O–H groups in total. The molecule has 0 aliphatic carbocycles. The van der Waals surface area contributed by atoms with Crippen LogP contribution in [0.25, 0.3) is 0 Å². The summed E-state index contributed by atoms with van der Waals surface area (Å²) >= 11 is 0. The first kappa shape index (κ1) is 15.2. The van der Waals surface area contributed by atoms with Crippen LogP contribution in [0.4, 0.5) is 4.39 Å². The molecule has 0 amide bonds. The smallest absolute Gasteiger partial charge is 0.123 e. The zero-order valence-corrected chi connectivity index (χ0v) is 13.0. The first-order valence-electron chi connectivity index (χ1n) is 7.93. The summed E-state index contributed by atoms with van der Waals surface area (Å²) in [6, 6.07) is 17.1. The first-order valence-corrected chi connectivity index (χ1v) is 7.93. The van der Waals surface area contributed by atoms with Crippen molar-refractivity contribution in [2.24, 2.45) is 5.73 Å². The van der Waals surface area contributed by atoms with Crippen molar-refractivity contribution in [1.82, 2.24) is 4.90 Å². The van der Waals surface area contributed by atoms with Crippen LogP contribution >= 0.6 is 0 Å². The standard InChI is InChI=1S/C19H23FN2/c1-19(21,16-9-11-17(20)12-10-16)18(22-13-5-6-14-22)15-7-3-2-4-8-15/h2-4,7-12,18H,5-6,13-14,21H2,1H3. The van der Waals surface area contributed by atoms with Gasteiger partial charge in [0.2, 0.25) is 0 Å². The van der Waals surface area contributed by atoms with Crippen LogP contribution in [0.2, 0.25) is 0 Å². The van der Waals surface area contributed by atoms with Crippen LogP contribution < -0.4 is 5.73 Å². The highest BCUT2D eigenvalue weighted by atomic mass is 19.1. The summed E-state index contributed by atoms with van der Waals surface area (Å²) in [5.41, 5.74) is 8.40. The Morgan fingerprint density at radius 2 is 1.59 bits per heavy atom. The van der Waals surface area contributed by atoms with E-state index in [-0.39, 0.29) is 11.9 Å². The Balaban J connectivity index is 2.02. The van der Waals surface area contributed by atoms with Crippen molar-refractivity contribution < 1.29 is 4.39 Å². The van der Waals surface area contributed by atoms with E-state index in [4.69, 9.17) is 5.73 Å². The predicted molar refractivity (Wildman–Crippen MR) is 87.9 cm³/mol. The Labute approximate surface area is 131 Å². The van der Waals surface area contributed by atoms with Gasteiger partial charge in [0.15, 0.2) is 0 Å². The highest BCUT2D eigenvalue weighted by Gasteiger charge is 2.38. The maximum atomic E-state index is 13.2. The van der Waals surface area contributed by atoms with Crippen LogP contribution in [0, 0.1) is 5.82 Å². The molecule has 2 atom stereocenters. The van der Waals surface area contributed by atoms with Crippen LogP contribution in [0.1, 0.15) is 36.9 Å². The molecular weight excluding hydrogens is 275 g/mol. The van der Waals surface area contributed by atoms with Crippen molar-refractivity contribution in [1.29, 1.82) is 0 Å². The number of hydrogen-bond donors (Lipinski definition) is 1. The maximum absolute atomic E-state index is 13.2. The van der Waals surface area contributed by atoms with E-state index in [1.807, 2.05) is 6.07 Å². The zero-order valence-electron chi connectivity index (χ0n) is 13.0. The molecule has 1 aliphatic rings. The van der Waals surface area contributed by atoms with E-state index >= 15 is 0 Å². The molecule has 22 heavy (non-hydrogen) atoms. The average Bonchev–Trinajstić information content (AvgIpc) is 3.02. The number of nitrogens with zero attached hydrogens (tertiary/aromatic N) is 1. The van der Waals surface area contributed by atoms with Crippen LogP contribution in [-0.4, -0.2) is 18.0 Å². The molecule has 1 saturated heterocycles. The summed E-state index contributed by atoms with van der Waals surface area (Å²) in [5, 5.41) is 0. The number of halogens is 1. The van der Waals surface area contributed by atoms with Crippen molar-refractivity contribution in [2.75, 3.05) is 13.1 Å². The summed E-state index contributed by atoms with van der Waals surface area (Å²) in [5.74, 6) is -0.225. The zero-order chi connectivity index (χ0) is 15.6. The van der Waals surface area contributed by atoms with Gasteiger partial charge in [-0.05, 0) is 56.1 Å². The number of hydrogen-bond acceptors (Lipinski definition) is 2. The number of rotatable bonds is 4. The predicted octanol–water partition coefficient (Wildman–Crippen LogP) is 3.84. The van der Waals surface area contributed by atoms with Gasteiger partial charge < -0.3 is 5.73 Å². The molecule has 3 rings (SSSR count). The monoisotopic (exact) mass is 298 g/mol. The minimum absolute atomic E-state index is 0.0988. The van der Waals surface area contributed by atoms with E-state index in [1.165, 1.54) is 30.5 Å². The van der Waals surface area contributed by atoms with Gasteiger partial charge >= 0.3 is 0 Å². The fourth-order valence-electron chi connectivity index (χ4n) is 3.54. The highest BCUT2D eigenvalue weighted by Crippen LogP contribution is 2.39. The van der Waals surface area contributed by atoms with Gasteiger partial charge in [-0.2, -0.15) is 0 Å². The SMILES string of the molecule is CC(N)(c1ccc(F)cc1)C(c1ccccc1)N1CCCC1. The summed E-state index contributed by atoms with van der Waals surface area (Å²) in [7, 11) is 0. The van der Waals surface area contributed by atoms with E-state index in [1.54, 1.807) is 12.1 Å². The van der Waals surface area contributed by atoms with Crippen LogP contribution in [0.5, 0.6) is 0 Å². The van der Waals surface area contributed by atoms with Gasteiger partial charge in [-0.3, -0.25) is 4.90 Å². The summed E-state index contributed by atoms with van der Waals surface area (Å²) < 4.78 is 13.2. The maximum Gasteiger partial charge on any atom is 0.123 e. The number of nitrogens with two attached hydrogens (primary N) is 1. The Hall–Kier alpha value is -1.71. The normalized spacial score (nSPS) is 19.8. The lowest BCUT2D eigenvalue weighted by Crippen LogP contribution is -2.47. The fraction of sp³-hybridized carbons (Fsp3) is 0.368. The Morgan fingerprint density at radius 1 is 1.00 bits per heavy atom. The van der Waals surface area contributed by atoms with Crippen LogP contribution in [-0.2, 0) is 5.54 Å². The molecule has 1 aliphatic heterocycles. The first-order chi connectivity index (χ1) is 10.6. The van der Waals surface area contributed by atoms with Gasteiger partial charge in [0, 0.05) is 0 Å². The van der Waals surface area contributed by atoms with Crippen molar-refractivity contribution >= 4 is 0 Å². The number of likely N-dealkylation sites (tertiary alicyclic amines) is 1. The minimum atomic E-state index is -0.570. The second kappa shape index (κ2) is 6.19. The third-order valence-corrected chi connectivity index (χ3v) is 4.66. The molecule has 2 aromatic rings. The lowest BCUT2D eigenvalue weighted by molar-refractivity contribution is 0.157. The average molecular weight is 298 g/mol. The summed E-state index contributed by atoms with van der Waals surface area (Å²) in [6.07, 6.45) is 2.42. The van der Waals surface area contributed by atoms with Gasteiger partial charge in [-0.1, -0.05) is 42.5 Å². The Kier molecular flexibility index (Phi) is 4.27. The third-order valence-electron chi connectivity index (χ3n) is 4.66. The van der Waals surface area contributed by atoms with E-state index in [2.05, 4.69) is 36.1 Å². The van der Waals surface area contributed by atoms with E-state index < -0.39 is 5.54 Å². The topological polar surface area (TPSA) is 29.3 Å². The van der Waals surface area contributed by atoms with E-state index in [0.717, 1.165) is 18.7 Å². The summed E-state index contributed by atoms with van der Waals surface area (Å²) in [4.78, 5) is 2.46. The van der Waals surface area contributed by atoms with E-state index in [0.29, 0.717) is 0 Å². The second-order valence-corrected chi connectivity index (χ2v) is 6.35. The molecule has 3 heteroatoms. The molecular formula is C19H23FN2. The fourth-order valence-corrected chi connectivity index (χ4v) is 3.54. The van der Waals surface area contributed by atoms with Gasteiger partial charge in [0.1, 0.15) is 5.82 Å². The molecule has 116 valence electrons. The molecule has 1 fully saturated rings. The van der Waals surface area contributed by atoms with Gasteiger partial charge in [0.05, 0.1) is 11.6 Å². The molecule has 2 unspecified atom stereocenters. The van der Waals surface area contributed by atoms with Crippen LogP contribution in [0.15, 0.2) is 54.6 Å². The molecule has 0 radical (unpaired) electrons. The third kappa shape index (κ3) is 2.92. The van der Waals surface area contributed by atoms with Gasteiger partial charge in [0.25, 0.3) is 0 Å². The molecule has 0 aromatic heterocycles. The molecule has 0 spiro atoms. The van der Waals surface area contributed by atoms with Crippen molar-refractivity contribution in [3.8, 4) is 0 Å². The van der Waals surface area contributed by atoms with Gasteiger partial charge in [-0.15, -0.1) is 0 Å². The van der Waals surface area contributed by atoms with Crippen LogP contribution in [0.3, 0.4) is 0 Å². The lowest BCUT2D eigenvalue weighted by atomic mass is 9.81. The molecule has 2 nitrogen and oxygen atoms in total. The largest absolute Gasteiger partial charge is 0.320 e. The van der Waals surface area contributed by atoms with Crippen molar-refractivity contribution in [3.63, 3.8) is 0 Å². The van der Waals surface area contributed by atoms with Crippen molar-refractivity contribution in [2.45, 2.75) is 31.3 Å². The summed E-state index contributed by atoms with van der Waals surface area (Å²) in [6.45, 7) is 4.18. The van der Waals surface area contributed by atoms with E-state index in [9.17, 15) is 4.39 Å². The molecule has 2 aromatic carbocycles. The Morgan fingerprint density at radius 3 is 2.18 bits per heavy atom. The van der Waals surface area contributed by atoms with Crippen molar-refractivity contribution in [3.05, 3.63) is 71.5 Å². The highest BCUT2D eigenvalue weighted by molar-refractivity contribution is 5.32. The van der Waals surface area contributed by atoms with Gasteiger partial charge in [-0.25, -0.2) is 4.39 Å². The molecule has 1 heterocycles. The minimum Gasteiger partial charge on any atom is -0.320 e. The second-order valence-electron chi connectivity index (χ2n) is 6.35. The Bertz CT molecular complexity index is 601. The quantitative estimate of drug-likeness (QED) is 0.929. The number of benzene rings is 2. The lowest BCUT2D eigenvalue weighted by Gasteiger charge is -2.41.